The third kappa shape index (κ3) is 4.00. The van der Waals surface area contributed by atoms with Gasteiger partial charge in [0.2, 0.25) is 11.8 Å². The highest BCUT2D eigenvalue weighted by Crippen LogP contribution is 2.32. The third-order valence-electron chi connectivity index (χ3n) is 5.22. The predicted octanol–water partition coefficient (Wildman–Crippen LogP) is 3.16. The van der Waals surface area contributed by atoms with Gasteiger partial charge in [0.25, 0.3) is 0 Å². The lowest BCUT2D eigenvalue weighted by Crippen LogP contribution is -2.35. The summed E-state index contributed by atoms with van der Waals surface area (Å²) in [6.07, 6.45) is 9.15. The molecule has 1 N–H and O–H groups in total. The molecule has 0 saturated carbocycles. The quantitative estimate of drug-likeness (QED) is 0.712. The molecule has 0 bridgehead atoms. The van der Waals surface area contributed by atoms with Crippen molar-refractivity contribution in [1.82, 2.24) is 24.8 Å². The van der Waals surface area contributed by atoms with Gasteiger partial charge in [-0.05, 0) is 41.8 Å². The van der Waals surface area contributed by atoms with E-state index in [1.54, 1.807) is 23.5 Å². The fourth-order valence-corrected chi connectivity index (χ4v) is 3.68. The van der Waals surface area contributed by atoms with E-state index in [4.69, 9.17) is 0 Å². The van der Waals surface area contributed by atoms with Gasteiger partial charge in [-0.1, -0.05) is 24.3 Å². The van der Waals surface area contributed by atoms with Crippen molar-refractivity contribution in [3.63, 3.8) is 0 Å². The molecule has 2 aromatic heterocycles. The van der Waals surface area contributed by atoms with Crippen molar-refractivity contribution in [1.29, 1.82) is 0 Å². The van der Waals surface area contributed by atoms with Gasteiger partial charge in [0.05, 0.1) is 12.5 Å². The second-order valence-corrected chi connectivity index (χ2v) is 7.23. The second kappa shape index (κ2) is 8.32. The number of benzene rings is 1. The van der Waals surface area contributed by atoms with E-state index in [1.165, 1.54) is 6.92 Å². The van der Waals surface area contributed by atoms with Crippen molar-refractivity contribution in [2.75, 3.05) is 0 Å². The standard InChI is InChI=1S/C23H23N5O2/c1-16-24-10-12-27(16)22-13-18(7-9-25-22)15-26-23(30)14-21-20-6-4-3-5-19(20)8-11-28(21)17(2)29/h3-13,21H,14-15H2,1-2H3,(H,26,30)/t21-/m1/s1. The topological polar surface area (TPSA) is 80.1 Å². The van der Waals surface area contributed by atoms with E-state index in [-0.39, 0.29) is 24.3 Å². The van der Waals surface area contributed by atoms with E-state index >= 15 is 0 Å². The molecular weight excluding hydrogens is 378 g/mol. The molecule has 1 atom stereocenters. The zero-order chi connectivity index (χ0) is 21.1. The molecule has 0 saturated heterocycles. The lowest BCUT2D eigenvalue weighted by Gasteiger charge is -2.32. The second-order valence-electron chi connectivity index (χ2n) is 7.23. The molecule has 2 amide bonds. The first-order valence-corrected chi connectivity index (χ1v) is 9.81. The number of hydrogen-bond donors (Lipinski definition) is 1. The Hall–Kier alpha value is -3.74. The molecule has 152 valence electrons. The van der Waals surface area contributed by atoms with E-state index in [2.05, 4.69) is 15.3 Å². The Labute approximate surface area is 175 Å². The van der Waals surface area contributed by atoms with E-state index < -0.39 is 0 Å². The molecule has 1 aliphatic rings. The first-order chi connectivity index (χ1) is 14.5. The maximum absolute atomic E-state index is 12.7. The Morgan fingerprint density at radius 3 is 2.73 bits per heavy atom. The van der Waals surface area contributed by atoms with Crippen LogP contribution in [0.3, 0.4) is 0 Å². The van der Waals surface area contributed by atoms with Crippen LogP contribution in [0.1, 0.15) is 41.9 Å². The van der Waals surface area contributed by atoms with Crippen LogP contribution in [0, 0.1) is 6.92 Å². The highest BCUT2D eigenvalue weighted by atomic mass is 16.2. The number of fused-ring (bicyclic) bond motifs is 1. The molecule has 3 heterocycles. The van der Waals surface area contributed by atoms with E-state index in [0.29, 0.717) is 6.54 Å². The van der Waals surface area contributed by atoms with E-state index in [0.717, 1.165) is 28.3 Å². The molecule has 7 nitrogen and oxygen atoms in total. The molecular formula is C23H23N5O2. The van der Waals surface area contributed by atoms with E-state index in [9.17, 15) is 9.59 Å². The van der Waals surface area contributed by atoms with Gasteiger partial charge in [-0.3, -0.25) is 14.2 Å². The number of aryl methyl sites for hydroxylation is 1. The van der Waals surface area contributed by atoms with Crippen LogP contribution in [0.15, 0.2) is 61.2 Å². The third-order valence-corrected chi connectivity index (χ3v) is 5.22. The zero-order valence-corrected chi connectivity index (χ0v) is 16.9. The van der Waals surface area contributed by atoms with Crippen LogP contribution in [0.25, 0.3) is 11.9 Å². The van der Waals surface area contributed by atoms with Gasteiger partial charge in [-0.2, -0.15) is 0 Å². The molecule has 3 aromatic rings. The Balaban J connectivity index is 1.45. The molecule has 0 fully saturated rings. The Morgan fingerprint density at radius 1 is 1.13 bits per heavy atom. The minimum atomic E-state index is -0.315. The fourth-order valence-electron chi connectivity index (χ4n) is 3.68. The molecule has 0 spiro atoms. The van der Waals surface area contributed by atoms with Gasteiger partial charge in [-0.15, -0.1) is 0 Å². The van der Waals surface area contributed by atoms with Crippen molar-refractivity contribution in [3.05, 3.63) is 83.7 Å². The molecule has 0 aliphatic carbocycles. The average Bonchev–Trinajstić information content (AvgIpc) is 3.18. The van der Waals surface area contributed by atoms with Crippen molar-refractivity contribution in [2.45, 2.75) is 32.9 Å². The summed E-state index contributed by atoms with van der Waals surface area (Å²) in [7, 11) is 0. The normalized spacial score (nSPS) is 15.0. The summed E-state index contributed by atoms with van der Waals surface area (Å²) in [5, 5.41) is 2.97. The molecule has 1 aromatic carbocycles. The van der Waals surface area contributed by atoms with Gasteiger partial charge in [0.15, 0.2) is 0 Å². The maximum atomic E-state index is 12.7. The number of pyridine rings is 1. The Morgan fingerprint density at radius 2 is 1.97 bits per heavy atom. The summed E-state index contributed by atoms with van der Waals surface area (Å²) in [5.41, 5.74) is 2.95. The molecule has 30 heavy (non-hydrogen) atoms. The van der Waals surface area contributed by atoms with Crippen molar-refractivity contribution in [3.8, 4) is 5.82 Å². The van der Waals surface area contributed by atoms with Gasteiger partial charge in [-0.25, -0.2) is 9.97 Å². The lowest BCUT2D eigenvalue weighted by molar-refractivity contribution is -0.130. The minimum Gasteiger partial charge on any atom is -0.352 e. The highest BCUT2D eigenvalue weighted by Gasteiger charge is 2.28. The van der Waals surface area contributed by atoms with Crippen LogP contribution < -0.4 is 5.32 Å². The maximum Gasteiger partial charge on any atom is 0.223 e. The summed E-state index contributed by atoms with van der Waals surface area (Å²) in [6, 6.07) is 11.3. The number of nitrogens with one attached hydrogen (secondary N) is 1. The number of rotatable bonds is 5. The van der Waals surface area contributed by atoms with Crippen LogP contribution in [-0.2, 0) is 16.1 Å². The summed E-state index contributed by atoms with van der Waals surface area (Å²) in [4.78, 5) is 35.0. The summed E-state index contributed by atoms with van der Waals surface area (Å²) in [5.74, 6) is 1.39. The SMILES string of the molecule is CC(=O)N1C=Cc2ccccc2[C@H]1CC(=O)NCc1ccnc(-n2ccnc2C)c1. The number of aromatic nitrogens is 3. The average molecular weight is 401 g/mol. The van der Waals surface area contributed by atoms with Gasteiger partial charge >= 0.3 is 0 Å². The van der Waals surface area contributed by atoms with Crippen molar-refractivity contribution < 1.29 is 9.59 Å². The van der Waals surface area contributed by atoms with Crippen LogP contribution in [-0.4, -0.2) is 31.2 Å². The first-order valence-electron chi connectivity index (χ1n) is 9.81. The van der Waals surface area contributed by atoms with Crippen molar-refractivity contribution in [2.24, 2.45) is 0 Å². The minimum absolute atomic E-state index is 0.0898. The molecule has 1 aliphatic heterocycles. The first kappa shape index (κ1) is 19.6. The zero-order valence-electron chi connectivity index (χ0n) is 16.9. The van der Waals surface area contributed by atoms with Crippen LogP contribution in [0.4, 0.5) is 0 Å². The monoisotopic (exact) mass is 401 g/mol. The lowest BCUT2D eigenvalue weighted by atomic mass is 9.93. The molecule has 7 heteroatoms. The predicted molar refractivity (Wildman–Crippen MR) is 113 cm³/mol. The van der Waals surface area contributed by atoms with E-state index in [1.807, 2.05) is 60.2 Å². The molecule has 0 unspecified atom stereocenters. The highest BCUT2D eigenvalue weighted by molar-refractivity contribution is 5.81. The Kier molecular flexibility index (Phi) is 5.43. The van der Waals surface area contributed by atoms with Gasteiger partial charge in [0, 0.05) is 38.3 Å². The number of imidazole rings is 1. The molecule has 0 radical (unpaired) electrons. The van der Waals surface area contributed by atoms with Crippen molar-refractivity contribution >= 4 is 17.9 Å². The molecule has 4 rings (SSSR count). The fraction of sp³-hybridized carbons (Fsp3) is 0.217. The summed E-state index contributed by atoms with van der Waals surface area (Å²) in [6.45, 7) is 3.81. The smallest absolute Gasteiger partial charge is 0.223 e. The van der Waals surface area contributed by atoms with Gasteiger partial charge in [0.1, 0.15) is 11.6 Å². The number of carbonyl (C=O) groups is 2. The van der Waals surface area contributed by atoms with Crippen LogP contribution >= 0.6 is 0 Å². The number of amides is 2. The largest absolute Gasteiger partial charge is 0.352 e. The summed E-state index contributed by atoms with van der Waals surface area (Å²) < 4.78 is 1.89. The Bertz CT molecular complexity index is 1120. The van der Waals surface area contributed by atoms with Crippen LogP contribution in [0.5, 0.6) is 0 Å². The number of nitrogens with zero attached hydrogens (tertiary/aromatic N) is 4. The van der Waals surface area contributed by atoms with Crippen LogP contribution in [0.2, 0.25) is 0 Å². The van der Waals surface area contributed by atoms with Gasteiger partial charge < -0.3 is 10.2 Å². The summed E-state index contributed by atoms with van der Waals surface area (Å²) >= 11 is 0. The number of hydrogen-bond acceptors (Lipinski definition) is 4. The number of carbonyl (C=O) groups excluding carboxylic acids is 2.